The Balaban J connectivity index is 1.33. The van der Waals surface area contributed by atoms with Gasteiger partial charge < -0.3 is 24.3 Å². The summed E-state index contributed by atoms with van der Waals surface area (Å²) in [5, 5.41) is 2.95. The van der Waals surface area contributed by atoms with E-state index in [1.807, 2.05) is 31.2 Å². The molecule has 9 nitrogen and oxygen atoms in total. The molecule has 2 aromatic carbocycles. The highest BCUT2D eigenvalue weighted by molar-refractivity contribution is 5.96. The van der Waals surface area contributed by atoms with Gasteiger partial charge in [0, 0.05) is 45.8 Å². The van der Waals surface area contributed by atoms with Crippen LogP contribution in [-0.2, 0) is 6.54 Å². The van der Waals surface area contributed by atoms with Crippen LogP contribution in [0.3, 0.4) is 0 Å². The Morgan fingerprint density at radius 1 is 1.12 bits per heavy atom. The summed E-state index contributed by atoms with van der Waals surface area (Å²) in [6, 6.07) is 12.6. The van der Waals surface area contributed by atoms with Gasteiger partial charge in [0.2, 0.25) is 5.89 Å². The number of nitrogens with zero attached hydrogens (tertiary/aromatic N) is 4. The number of hydrogen-bond acceptors (Lipinski definition) is 6. The number of urea groups is 1. The lowest BCUT2D eigenvalue weighted by Crippen LogP contribution is -2.49. The fourth-order valence-electron chi connectivity index (χ4n) is 3.78. The minimum absolute atomic E-state index is 0.0697. The van der Waals surface area contributed by atoms with Crippen LogP contribution in [0.1, 0.15) is 23.2 Å². The number of rotatable bonds is 6. The van der Waals surface area contributed by atoms with E-state index in [4.69, 9.17) is 9.15 Å². The maximum absolute atomic E-state index is 12.7. The average Bonchev–Trinajstić information content (AvgIpc) is 3.21. The summed E-state index contributed by atoms with van der Waals surface area (Å²) in [5.74, 6) is 1.20. The van der Waals surface area contributed by atoms with Crippen LogP contribution in [0.15, 0.2) is 46.9 Å². The third-order valence-corrected chi connectivity index (χ3v) is 5.53. The molecule has 2 heterocycles. The molecule has 0 spiro atoms. The molecule has 0 unspecified atom stereocenters. The fourth-order valence-corrected chi connectivity index (χ4v) is 3.78. The van der Waals surface area contributed by atoms with Crippen molar-refractivity contribution < 1.29 is 18.7 Å². The van der Waals surface area contributed by atoms with Gasteiger partial charge in [-0.2, -0.15) is 0 Å². The number of carbonyl (C=O) groups is 2. The highest BCUT2D eigenvalue weighted by Crippen LogP contribution is 2.24. The molecule has 174 valence electrons. The molecule has 0 saturated carbocycles. The van der Waals surface area contributed by atoms with Gasteiger partial charge >= 0.3 is 6.03 Å². The molecular weight excluding hydrogens is 422 g/mol. The zero-order chi connectivity index (χ0) is 23.4. The molecule has 1 saturated heterocycles. The van der Waals surface area contributed by atoms with Crippen LogP contribution < -0.4 is 10.1 Å². The van der Waals surface area contributed by atoms with Crippen LogP contribution in [0.25, 0.3) is 11.1 Å². The summed E-state index contributed by atoms with van der Waals surface area (Å²) in [7, 11) is 3.44. The molecule has 1 aromatic heterocycles. The number of para-hydroxylation sites is 2. The Morgan fingerprint density at radius 3 is 2.61 bits per heavy atom. The van der Waals surface area contributed by atoms with Gasteiger partial charge in [-0.15, -0.1) is 0 Å². The van der Waals surface area contributed by atoms with Gasteiger partial charge in [-0.3, -0.25) is 9.69 Å². The van der Waals surface area contributed by atoms with Crippen molar-refractivity contribution in [3.63, 3.8) is 0 Å². The van der Waals surface area contributed by atoms with E-state index in [-0.39, 0.29) is 11.9 Å². The Kier molecular flexibility index (Phi) is 6.79. The smallest absolute Gasteiger partial charge is 0.322 e. The average molecular weight is 452 g/mol. The van der Waals surface area contributed by atoms with Crippen LogP contribution >= 0.6 is 0 Å². The molecule has 0 bridgehead atoms. The Morgan fingerprint density at radius 2 is 1.88 bits per heavy atom. The minimum Gasteiger partial charge on any atom is -0.492 e. The van der Waals surface area contributed by atoms with Crippen LogP contribution in [0.5, 0.6) is 5.75 Å². The first-order chi connectivity index (χ1) is 15.9. The largest absolute Gasteiger partial charge is 0.492 e. The van der Waals surface area contributed by atoms with Crippen molar-refractivity contribution in [1.29, 1.82) is 0 Å². The Labute approximate surface area is 192 Å². The number of carbonyl (C=O) groups excluding carboxylic acids is 2. The van der Waals surface area contributed by atoms with Crippen molar-refractivity contribution in [2.45, 2.75) is 13.5 Å². The topological polar surface area (TPSA) is 91.2 Å². The number of nitrogens with one attached hydrogen (secondary N) is 1. The van der Waals surface area contributed by atoms with E-state index in [0.29, 0.717) is 73.3 Å². The molecule has 9 heteroatoms. The Bertz CT molecular complexity index is 1130. The van der Waals surface area contributed by atoms with Gasteiger partial charge in [-0.25, -0.2) is 9.78 Å². The second kappa shape index (κ2) is 9.91. The molecule has 1 aliphatic heterocycles. The van der Waals surface area contributed by atoms with E-state index < -0.39 is 0 Å². The summed E-state index contributed by atoms with van der Waals surface area (Å²) in [5.41, 5.74) is 2.58. The van der Waals surface area contributed by atoms with Crippen molar-refractivity contribution in [1.82, 2.24) is 19.7 Å². The molecule has 0 radical (unpaired) electrons. The summed E-state index contributed by atoms with van der Waals surface area (Å²) < 4.78 is 11.5. The molecule has 1 fully saturated rings. The number of aromatic nitrogens is 1. The van der Waals surface area contributed by atoms with E-state index in [9.17, 15) is 9.59 Å². The predicted octanol–water partition coefficient (Wildman–Crippen LogP) is 3.28. The zero-order valence-corrected chi connectivity index (χ0v) is 19.2. The number of benzene rings is 2. The van der Waals surface area contributed by atoms with Crippen LogP contribution in [0.4, 0.5) is 10.5 Å². The molecule has 0 aliphatic carbocycles. The number of amides is 3. The highest BCUT2D eigenvalue weighted by atomic mass is 16.5. The SMILES string of the molecule is CCOc1ccccc1NC(=O)N1CCN(Cc2nc3cc(C(=O)N(C)C)ccc3o2)CC1. The molecular formula is C24H29N5O4. The first-order valence-electron chi connectivity index (χ1n) is 11.1. The van der Waals surface area contributed by atoms with Gasteiger partial charge in [-0.1, -0.05) is 12.1 Å². The third kappa shape index (κ3) is 5.25. The van der Waals surface area contributed by atoms with Crippen molar-refractivity contribution >= 4 is 28.7 Å². The highest BCUT2D eigenvalue weighted by Gasteiger charge is 2.23. The maximum Gasteiger partial charge on any atom is 0.322 e. The molecule has 0 atom stereocenters. The molecule has 33 heavy (non-hydrogen) atoms. The normalized spacial score (nSPS) is 14.3. The van der Waals surface area contributed by atoms with Crippen molar-refractivity contribution in [2.24, 2.45) is 0 Å². The minimum atomic E-state index is -0.137. The first kappa shape index (κ1) is 22.6. The van der Waals surface area contributed by atoms with E-state index in [0.717, 1.165) is 0 Å². The fraction of sp³-hybridized carbons (Fsp3) is 0.375. The van der Waals surface area contributed by atoms with E-state index in [1.54, 1.807) is 37.2 Å². The lowest BCUT2D eigenvalue weighted by molar-refractivity contribution is 0.0827. The lowest BCUT2D eigenvalue weighted by Gasteiger charge is -2.34. The van der Waals surface area contributed by atoms with Crippen LogP contribution in [0, 0.1) is 0 Å². The number of anilines is 1. The van der Waals surface area contributed by atoms with Gasteiger partial charge in [0.05, 0.1) is 18.8 Å². The van der Waals surface area contributed by atoms with Crippen molar-refractivity contribution in [3.05, 3.63) is 53.9 Å². The van der Waals surface area contributed by atoms with Crippen LogP contribution in [-0.4, -0.2) is 78.5 Å². The van der Waals surface area contributed by atoms with E-state index in [2.05, 4.69) is 15.2 Å². The van der Waals surface area contributed by atoms with Crippen molar-refractivity contribution in [3.8, 4) is 5.75 Å². The second-order valence-corrected chi connectivity index (χ2v) is 8.11. The number of oxazole rings is 1. The monoisotopic (exact) mass is 451 g/mol. The van der Waals surface area contributed by atoms with Crippen LogP contribution in [0.2, 0.25) is 0 Å². The maximum atomic E-state index is 12.7. The lowest BCUT2D eigenvalue weighted by atomic mass is 10.2. The quantitative estimate of drug-likeness (QED) is 0.619. The number of hydrogen-bond donors (Lipinski definition) is 1. The molecule has 1 N–H and O–H groups in total. The zero-order valence-electron chi connectivity index (χ0n) is 19.2. The summed E-state index contributed by atoms with van der Waals surface area (Å²) >= 11 is 0. The van der Waals surface area contributed by atoms with Gasteiger partial charge in [0.25, 0.3) is 5.91 Å². The number of piperazine rings is 1. The molecule has 1 aliphatic rings. The third-order valence-electron chi connectivity index (χ3n) is 5.53. The first-order valence-corrected chi connectivity index (χ1v) is 11.1. The number of fused-ring (bicyclic) bond motifs is 1. The predicted molar refractivity (Wildman–Crippen MR) is 126 cm³/mol. The summed E-state index contributed by atoms with van der Waals surface area (Å²) in [4.78, 5) is 35.0. The number of ether oxygens (including phenoxy) is 1. The second-order valence-electron chi connectivity index (χ2n) is 8.11. The van der Waals surface area contributed by atoms with Crippen molar-refractivity contribution in [2.75, 3.05) is 52.2 Å². The van der Waals surface area contributed by atoms with Gasteiger partial charge in [0.1, 0.15) is 11.3 Å². The molecule has 4 rings (SSSR count). The Hall–Kier alpha value is -3.59. The summed E-state index contributed by atoms with van der Waals surface area (Å²) in [6.07, 6.45) is 0. The molecule has 3 amide bonds. The van der Waals surface area contributed by atoms with Gasteiger partial charge in [0.15, 0.2) is 5.58 Å². The van der Waals surface area contributed by atoms with Gasteiger partial charge in [-0.05, 0) is 37.3 Å². The van der Waals surface area contributed by atoms with E-state index in [1.165, 1.54) is 4.90 Å². The standard InChI is InChI=1S/C24H29N5O4/c1-4-32-20-8-6-5-7-18(20)26-24(31)29-13-11-28(12-14-29)16-22-25-19-15-17(23(30)27(2)3)9-10-21(19)33-22/h5-10,15H,4,11-14,16H2,1-3H3,(H,26,31). The summed E-state index contributed by atoms with van der Waals surface area (Å²) in [6.45, 7) is 5.63. The molecule has 3 aromatic rings. The van der Waals surface area contributed by atoms with E-state index >= 15 is 0 Å².